The highest BCUT2D eigenvalue weighted by Gasteiger charge is 2.29. The number of benzene rings is 1. The molecule has 0 amide bonds. The summed E-state index contributed by atoms with van der Waals surface area (Å²) < 4.78 is 25.9. The van der Waals surface area contributed by atoms with E-state index >= 15 is 0 Å². The Bertz CT molecular complexity index is 595. The largest absolute Gasteiger partial charge is 0.397 e. The van der Waals surface area contributed by atoms with Crippen LogP contribution in [0.3, 0.4) is 0 Å². The lowest BCUT2D eigenvalue weighted by Crippen LogP contribution is -2.38. The van der Waals surface area contributed by atoms with Gasteiger partial charge in [0.25, 0.3) is 0 Å². The van der Waals surface area contributed by atoms with Crippen LogP contribution in [0.15, 0.2) is 23.1 Å². The summed E-state index contributed by atoms with van der Waals surface area (Å²) in [5.74, 6) is 0. The standard InChI is InChI=1S/C14H23N3O3S/c1-16-21(19,20)11-5-6-12(15)13(9-11)17-10-14(18)7-3-2-4-8-14/h5-6,9,16-18H,2-4,7-8,10,15H2,1H3. The minimum Gasteiger partial charge on any atom is -0.397 e. The summed E-state index contributed by atoms with van der Waals surface area (Å²) in [4.78, 5) is 0.150. The fourth-order valence-corrected chi connectivity index (χ4v) is 3.38. The van der Waals surface area contributed by atoms with Crippen LogP contribution >= 0.6 is 0 Å². The number of hydrogen-bond acceptors (Lipinski definition) is 5. The van der Waals surface area contributed by atoms with Crippen LogP contribution in [-0.2, 0) is 10.0 Å². The zero-order valence-electron chi connectivity index (χ0n) is 12.2. The predicted octanol–water partition coefficient (Wildman–Crippen LogP) is 1.28. The van der Waals surface area contributed by atoms with E-state index in [1.165, 1.54) is 19.2 Å². The van der Waals surface area contributed by atoms with Gasteiger partial charge in [-0.25, -0.2) is 13.1 Å². The fourth-order valence-electron chi connectivity index (χ4n) is 2.62. The van der Waals surface area contributed by atoms with E-state index in [0.29, 0.717) is 17.9 Å². The van der Waals surface area contributed by atoms with Crippen LogP contribution in [-0.4, -0.2) is 32.7 Å². The van der Waals surface area contributed by atoms with Crippen LogP contribution < -0.4 is 15.8 Å². The van der Waals surface area contributed by atoms with Crippen molar-refractivity contribution in [3.8, 4) is 0 Å². The molecule has 0 unspecified atom stereocenters. The van der Waals surface area contributed by atoms with Gasteiger partial charge in [-0.3, -0.25) is 0 Å². The Balaban J connectivity index is 2.14. The molecule has 118 valence electrons. The molecule has 1 aliphatic rings. The normalized spacial score (nSPS) is 18.4. The third kappa shape index (κ3) is 3.87. The van der Waals surface area contributed by atoms with Gasteiger partial charge in [0, 0.05) is 6.54 Å². The maximum Gasteiger partial charge on any atom is 0.240 e. The van der Waals surface area contributed by atoms with Gasteiger partial charge >= 0.3 is 0 Å². The average Bonchev–Trinajstić information content (AvgIpc) is 2.47. The van der Waals surface area contributed by atoms with Gasteiger partial charge in [0.2, 0.25) is 10.0 Å². The molecule has 0 bridgehead atoms. The zero-order chi connectivity index (χ0) is 15.5. The number of aliphatic hydroxyl groups is 1. The Morgan fingerprint density at radius 1 is 1.29 bits per heavy atom. The number of nitrogen functional groups attached to an aromatic ring is 1. The van der Waals surface area contributed by atoms with Gasteiger partial charge in [0.1, 0.15) is 0 Å². The fraction of sp³-hybridized carbons (Fsp3) is 0.571. The van der Waals surface area contributed by atoms with Gasteiger partial charge in [0.15, 0.2) is 0 Å². The summed E-state index contributed by atoms with van der Waals surface area (Å²) in [6, 6.07) is 4.51. The quantitative estimate of drug-likeness (QED) is 0.613. The third-order valence-corrected chi connectivity index (χ3v) is 5.41. The first-order valence-electron chi connectivity index (χ1n) is 7.16. The molecule has 1 aromatic carbocycles. The van der Waals surface area contributed by atoms with Crippen LogP contribution in [0.4, 0.5) is 11.4 Å². The van der Waals surface area contributed by atoms with E-state index in [0.717, 1.165) is 32.1 Å². The SMILES string of the molecule is CNS(=O)(=O)c1ccc(N)c(NCC2(O)CCCCC2)c1. The minimum atomic E-state index is -3.50. The highest BCUT2D eigenvalue weighted by atomic mass is 32.2. The summed E-state index contributed by atoms with van der Waals surface area (Å²) in [5.41, 5.74) is 6.14. The first-order chi connectivity index (χ1) is 9.86. The van der Waals surface area contributed by atoms with Crippen molar-refractivity contribution in [2.45, 2.75) is 42.6 Å². The van der Waals surface area contributed by atoms with Crippen molar-refractivity contribution < 1.29 is 13.5 Å². The lowest BCUT2D eigenvalue weighted by Gasteiger charge is -2.32. The first-order valence-corrected chi connectivity index (χ1v) is 8.64. The molecular formula is C14H23N3O3S. The van der Waals surface area contributed by atoms with Crippen molar-refractivity contribution in [2.75, 3.05) is 24.6 Å². The lowest BCUT2D eigenvalue weighted by molar-refractivity contribution is 0.0167. The zero-order valence-corrected chi connectivity index (χ0v) is 13.0. The molecule has 1 fully saturated rings. The van der Waals surface area contributed by atoms with Crippen molar-refractivity contribution >= 4 is 21.4 Å². The molecule has 1 aliphatic carbocycles. The Hall–Kier alpha value is -1.31. The van der Waals surface area contributed by atoms with Crippen molar-refractivity contribution in [2.24, 2.45) is 0 Å². The van der Waals surface area contributed by atoms with Crippen molar-refractivity contribution in [1.82, 2.24) is 4.72 Å². The van der Waals surface area contributed by atoms with Crippen LogP contribution in [0, 0.1) is 0 Å². The van der Waals surface area contributed by atoms with Gasteiger partial charge in [-0.05, 0) is 38.1 Å². The molecule has 0 aromatic heterocycles. The number of sulfonamides is 1. The van der Waals surface area contributed by atoms with Crippen molar-refractivity contribution in [3.63, 3.8) is 0 Å². The number of anilines is 2. The summed E-state index contributed by atoms with van der Waals surface area (Å²) >= 11 is 0. The molecule has 0 aliphatic heterocycles. The van der Waals surface area contributed by atoms with E-state index in [2.05, 4.69) is 10.0 Å². The molecule has 0 spiro atoms. The van der Waals surface area contributed by atoms with Crippen molar-refractivity contribution in [3.05, 3.63) is 18.2 Å². The smallest absolute Gasteiger partial charge is 0.240 e. The van der Waals surface area contributed by atoms with E-state index in [1.54, 1.807) is 6.07 Å². The molecule has 1 aromatic rings. The summed E-state index contributed by atoms with van der Waals surface area (Å²) in [6.45, 7) is 0.375. The number of rotatable bonds is 5. The van der Waals surface area contributed by atoms with Gasteiger partial charge in [0.05, 0.1) is 21.9 Å². The molecule has 0 saturated heterocycles. The highest BCUT2D eigenvalue weighted by Crippen LogP contribution is 2.29. The Morgan fingerprint density at radius 2 is 1.95 bits per heavy atom. The van der Waals surface area contributed by atoms with Crippen LogP contribution in [0.25, 0.3) is 0 Å². The van der Waals surface area contributed by atoms with Gasteiger partial charge < -0.3 is 16.2 Å². The van der Waals surface area contributed by atoms with E-state index in [1.807, 2.05) is 0 Å². The molecule has 7 heteroatoms. The Kier molecular flexibility index (Phi) is 4.75. The average molecular weight is 313 g/mol. The molecule has 6 nitrogen and oxygen atoms in total. The minimum absolute atomic E-state index is 0.150. The second-order valence-electron chi connectivity index (χ2n) is 5.60. The van der Waals surface area contributed by atoms with Crippen LogP contribution in [0.2, 0.25) is 0 Å². The van der Waals surface area contributed by atoms with Crippen molar-refractivity contribution in [1.29, 1.82) is 0 Å². The predicted molar refractivity (Wildman–Crippen MR) is 83.6 cm³/mol. The molecule has 21 heavy (non-hydrogen) atoms. The molecule has 0 atom stereocenters. The second kappa shape index (κ2) is 6.21. The van der Waals surface area contributed by atoms with E-state index < -0.39 is 15.6 Å². The summed E-state index contributed by atoms with van der Waals surface area (Å²) in [7, 11) is -2.14. The molecule has 5 N–H and O–H groups in total. The monoisotopic (exact) mass is 313 g/mol. The molecule has 2 rings (SSSR count). The maximum atomic E-state index is 11.8. The van der Waals surface area contributed by atoms with Crippen LogP contribution in [0.5, 0.6) is 0 Å². The number of nitrogens with two attached hydrogens (primary N) is 1. The van der Waals surface area contributed by atoms with E-state index in [4.69, 9.17) is 5.73 Å². The number of hydrogen-bond donors (Lipinski definition) is 4. The second-order valence-corrected chi connectivity index (χ2v) is 7.48. The molecular weight excluding hydrogens is 290 g/mol. The molecule has 0 radical (unpaired) electrons. The topological polar surface area (TPSA) is 104 Å². The maximum absolute atomic E-state index is 11.8. The van der Waals surface area contributed by atoms with Crippen LogP contribution in [0.1, 0.15) is 32.1 Å². The molecule has 0 heterocycles. The Labute approximate surface area is 125 Å². The molecule has 1 saturated carbocycles. The lowest BCUT2D eigenvalue weighted by atomic mass is 9.85. The van der Waals surface area contributed by atoms with E-state index in [9.17, 15) is 13.5 Å². The number of nitrogens with one attached hydrogen (secondary N) is 2. The van der Waals surface area contributed by atoms with E-state index in [-0.39, 0.29) is 4.90 Å². The Morgan fingerprint density at radius 3 is 2.57 bits per heavy atom. The van der Waals surface area contributed by atoms with Gasteiger partial charge in [-0.2, -0.15) is 0 Å². The summed E-state index contributed by atoms with van der Waals surface area (Å²) in [5, 5.41) is 13.6. The third-order valence-electron chi connectivity index (χ3n) is 4.00. The van der Waals surface area contributed by atoms with Gasteiger partial charge in [-0.15, -0.1) is 0 Å². The first kappa shape index (κ1) is 16.1. The summed E-state index contributed by atoms with van der Waals surface area (Å²) in [6.07, 6.45) is 4.70. The van der Waals surface area contributed by atoms with Gasteiger partial charge in [-0.1, -0.05) is 19.3 Å². The highest BCUT2D eigenvalue weighted by molar-refractivity contribution is 7.89.